The molecule has 0 bridgehead atoms. The highest BCUT2D eigenvalue weighted by Gasteiger charge is 2.45. The summed E-state index contributed by atoms with van der Waals surface area (Å²) in [5.74, 6) is -2.23. The molecule has 4 atom stereocenters. The number of aromatic nitrogens is 1. The smallest absolute Gasteiger partial charge is 0.410 e. The van der Waals surface area contributed by atoms with Gasteiger partial charge in [0.1, 0.15) is 24.3 Å². The molecular formula is C42H49N5O8. The second-order valence-corrected chi connectivity index (χ2v) is 14.3. The lowest BCUT2D eigenvalue weighted by molar-refractivity contribution is -0.139. The van der Waals surface area contributed by atoms with Crippen LogP contribution in [0.5, 0.6) is 0 Å². The minimum atomic E-state index is -1.22. The van der Waals surface area contributed by atoms with E-state index in [-0.39, 0.29) is 37.7 Å². The molecule has 13 nitrogen and oxygen atoms in total. The molecule has 2 aliphatic heterocycles. The molecule has 55 heavy (non-hydrogen) atoms. The summed E-state index contributed by atoms with van der Waals surface area (Å²) >= 11 is 0. The number of Topliss-reactive ketones (excluding diaryl/α,β-unsaturated/α-hetero) is 2. The van der Waals surface area contributed by atoms with E-state index < -0.39 is 48.0 Å². The molecule has 4 aromatic rings. The Morgan fingerprint density at radius 3 is 2.38 bits per heavy atom. The third-order valence-electron chi connectivity index (χ3n) is 10.3. The van der Waals surface area contributed by atoms with Gasteiger partial charge < -0.3 is 34.7 Å². The number of ether oxygens (including phenoxy) is 2. The molecule has 2 saturated heterocycles. The summed E-state index contributed by atoms with van der Waals surface area (Å²) in [4.78, 5) is 76.9. The van der Waals surface area contributed by atoms with Crippen molar-refractivity contribution in [2.24, 2.45) is 11.7 Å². The topological polar surface area (TPSA) is 174 Å². The van der Waals surface area contributed by atoms with E-state index in [1.165, 1.54) is 4.90 Å². The number of nitrogens with one attached hydrogen (secondary N) is 1. The molecule has 0 spiro atoms. The monoisotopic (exact) mass is 751 g/mol. The standard InChI is InChI=1S/C42H49N5O8/c1-28-17-19-30(20-18-28)37(45-41(51)53-27-29-12-4-2-5-13-29)40(50)47-26-32(54-42(52)46-22-10-3-11-23-46)25-34(47)35(48)24-31(14-8-9-21-43)38(49)39-44-33-15-6-7-16-36(33)55-39/h2,4-7,12-13,15-20,31-32,34,37H,3,8-11,14,21-27,43H2,1H3,(H,45,51)/t31-,32-,34+,37-/m1/s1. The first-order chi connectivity index (χ1) is 26.7. The number of nitrogens with zero attached hydrogens (tertiary/aromatic N) is 3. The minimum absolute atomic E-state index is 0.0134. The fourth-order valence-corrected chi connectivity index (χ4v) is 7.21. The number of piperidine rings is 1. The Labute approximate surface area is 320 Å². The summed E-state index contributed by atoms with van der Waals surface area (Å²) in [5, 5.41) is 2.73. The number of fused-ring (bicyclic) bond motifs is 1. The number of hydrogen-bond donors (Lipinski definition) is 2. The molecule has 13 heteroatoms. The zero-order valence-electron chi connectivity index (χ0n) is 31.2. The van der Waals surface area contributed by atoms with Gasteiger partial charge in [0.25, 0.3) is 11.8 Å². The number of rotatable bonds is 15. The highest BCUT2D eigenvalue weighted by Crippen LogP contribution is 2.31. The van der Waals surface area contributed by atoms with E-state index in [0.29, 0.717) is 55.6 Å². The number of benzene rings is 3. The van der Waals surface area contributed by atoms with E-state index >= 15 is 0 Å². The van der Waals surface area contributed by atoms with Crippen molar-refractivity contribution < 1.29 is 37.9 Å². The summed E-state index contributed by atoms with van der Waals surface area (Å²) in [7, 11) is 0. The van der Waals surface area contributed by atoms with E-state index in [9.17, 15) is 24.0 Å². The van der Waals surface area contributed by atoms with Crippen LogP contribution in [-0.2, 0) is 25.7 Å². The normalized spacial score (nSPS) is 18.1. The number of aryl methyl sites for hydroxylation is 1. The Morgan fingerprint density at radius 1 is 0.927 bits per heavy atom. The van der Waals surface area contributed by atoms with Gasteiger partial charge >= 0.3 is 12.2 Å². The largest absolute Gasteiger partial charge is 0.445 e. The van der Waals surface area contributed by atoms with Gasteiger partial charge in [-0.05, 0) is 68.8 Å². The highest BCUT2D eigenvalue weighted by molar-refractivity contribution is 6.00. The van der Waals surface area contributed by atoms with Crippen molar-refractivity contribution in [3.05, 3.63) is 101 Å². The first-order valence-electron chi connectivity index (χ1n) is 19.1. The van der Waals surface area contributed by atoms with Gasteiger partial charge in [0.05, 0.1) is 12.6 Å². The van der Waals surface area contributed by atoms with Crippen molar-refractivity contribution in [3.8, 4) is 0 Å². The summed E-state index contributed by atoms with van der Waals surface area (Å²) < 4.78 is 17.2. The number of oxazole rings is 1. The molecule has 6 rings (SSSR count). The molecular weight excluding hydrogens is 702 g/mol. The maximum absolute atomic E-state index is 14.7. The molecule has 3 aromatic carbocycles. The minimum Gasteiger partial charge on any atom is -0.445 e. The Bertz CT molecular complexity index is 1910. The van der Waals surface area contributed by atoms with Crippen molar-refractivity contribution in [2.75, 3.05) is 26.2 Å². The predicted octanol–water partition coefficient (Wildman–Crippen LogP) is 6.28. The predicted molar refractivity (Wildman–Crippen MR) is 204 cm³/mol. The first-order valence-corrected chi connectivity index (χ1v) is 19.1. The third kappa shape index (κ3) is 10.2. The third-order valence-corrected chi connectivity index (χ3v) is 10.3. The van der Waals surface area contributed by atoms with Gasteiger partial charge in [-0.1, -0.05) is 78.7 Å². The lowest BCUT2D eigenvalue weighted by atomic mass is 9.89. The number of hydrogen-bond acceptors (Lipinski definition) is 10. The van der Waals surface area contributed by atoms with Gasteiger partial charge in [-0.2, -0.15) is 0 Å². The number of amides is 3. The van der Waals surface area contributed by atoms with Crippen LogP contribution >= 0.6 is 0 Å². The van der Waals surface area contributed by atoms with E-state index in [2.05, 4.69) is 10.3 Å². The van der Waals surface area contributed by atoms with E-state index in [0.717, 1.165) is 30.4 Å². The van der Waals surface area contributed by atoms with Crippen LogP contribution < -0.4 is 11.1 Å². The number of unbranched alkanes of at least 4 members (excludes halogenated alkanes) is 1. The molecule has 3 amide bonds. The summed E-state index contributed by atoms with van der Waals surface area (Å²) in [6, 6.07) is 21.1. The lowest BCUT2D eigenvalue weighted by Crippen LogP contribution is -2.48. The van der Waals surface area contributed by atoms with Gasteiger partial charge in [0.15, 0.2) is 11.4 Å². The van der Waals surface area contributed by atoms with Crippen LogP contribution in [0.3, 0.4) is 0 Å². The number of nitrogens with two attached hydrogens (primary N) is 1. The summed E-state index contributed by atoms with van der Waals surface area (Å²) in [6.45, 7) is 3.39. The van der Waals surface area contributed by atoms with Gasteiger partial charge in [-0.3, -0.25) is 14.4 Å². The molecule has 3 N–H and O–H groups in total. The SMILES string of the molecule is Cc1ccc([C@@H](NC(=O)OCc2ccccc2)C(=O)N2C[C@H](OC(=O)N3CCCCC3)C[C@H]2C(=O)C[C@@H](CCCCN)C(=O)c2nc3ccccc3o2)cc1. The Balaban J connectivity index is 1.26. The summed E-state index contributed by atoms with van der Waals surface area (Å²) in [6.07, 6.45) is 2.10. The van der Waals surface area contributed by atoms with Crippen LogP contribution in [0, 0.1) is 12.8 Å². The van der Waals surface area contributed by atoms with Crippen molar-refractivity contribution in [2.45, 2.75) is 83.1 Å². The van der Waals surface area contributed by atoms with Crippen molar-refractivity contribution >= 4 is 40.8 Å². The molecule has 1 aromatic heterocycles. The number of carbonyl (C=O) groups excluding carboxylic acids is 5. The number of para-hydroxylation sites is 2. The van der Waals surface area contributed by atoms with Crippen LogP contribution in [-0.4, -0.2) is 82.8 Å². The second-order valence-electron chi connectivity index (χ2n) is 14.3. The Hall–Kier alpha value is -5.56. The van der Waals surface area contributed by atoms with Crippen LogP contribution in [0.15, 0.2) is 83.3 Å². The van der Waals surface area contributed by atoms with Gasteiger partial charge in [0.2, 0.25) is 5.78 Å². The maximum atomic E-state index is 14.7. The Kier molecular flexibility index (Phi) is 13.3. The highest BCUT2D eigenvalue weighted by atomic mass is 16.6. The van der Waals surface area contributed by atoms with Crippen molar-refractivity contribution in [3.63, 3.8) is 0 Å². The number of alkyl carbamates (subject to hydrolysis) is 1. The summed E-state index contributed by atoms with van der Waals surface area (Å²) in [5.41, 5.74) is 8.96. The van der Waals surface area contributed by atoms with E-state index in [4.69, 9.17) is 19.6 Å². The van der Waals surface area contributed by atoms with E-state index in [1.807, 2.05) is 49.4 Å². The fraction of sp³-hybridized carbons (Fsp3) is 0.429. The second kappa shape index (κ2) is 18.7. The molecule has 0 unspecified atom stereocenters. The molecule has 0 aliphatic carbocycles. The molecule has 290 valence electrons. The van der Waals surface area contributed by atoms with Crippen LogP contribution in [0.25, 0.3) is 11.1 Å². The van der Waals surface area contributed by atoms with Crippen LogP contribution in [0.4, 0.5) is 9.59 Å². The van der Waals surface area contributed by atoms with Crippen molar-refractivity contribution in [1.29, 1.82) is 0 Å². The zero-order chi connectivity index (χ0) is 38.7. The maximum Gasteiger partial charge on any atom is 0.410 e. The number of likely N-dealkylation sites (tertiary alicyclic amines) is 2. The Morgan fingerprint density at radius 2 is 1.65 bits per heavy atom. The van der Waals surface area contributed by atoms with Gasteiger partial charge in [-0.15, -0.1) is 0 Å². The van der Waals surface area contributed by atoms with Crippen LogP contribution in [0.1, 0.15) is 84.8 Å². The fourth-order valence-electron chi connectivity index (χ4n) is 7.21. The number of ketones is 2. The zero-order valence-corrected chi connectivity index (χ0v) is 31.2. The molecule has 3 heterocycles. The molecule has 0 saturated carbocycles. The molecule has 0 radical (unpaired) electrons. The van der Waals surface area contributed by atoms with Crippen LogP contribution in [0.2, 0.25) is 0 Å². The number of carbonyl (C=O) groups is 5. The lowest BCUT2D eigenvalue weighted by Gasteiger charge is -2.29. The first kappa shape index (κ1) is 39.1. The molecule has 2 fully saturated rings. The van der Waals surface area contributed by atoms with Gasteiger partial charge in [-0.25, -0.2) is 14.6 Å². The van der Waals surface area contributed by atoms with E-state index in [1.54, 1.807) is 41.3 Å². The average Bonchev–Trinajstić information content (AvgIpc) is 3.84. The molecule has 2 aliphatic rings. The van der Waals surface area contributed by atoms with Crippen molar-refractivity contribution in [1.82, 2.24) is 20.1 Å². The van der Waals surface area contributed by atoms with Gasteiger partial charge in [0, 0.05) is 31.8 Å². The quantitative estimate of drug-likeness (QED) is 0.104. The average molecular weight is 752 g/mol.